The van der Waals surface area contributed by atoms with E-state index in [0.717, 1.165) is 11.1 Å². The Morgan fingerprint density at radius 3 is 2.44 bits per heavy atom. The number of ketones is 2. The predicted molar refractivity (Wildman–Crippen MR) is 151 cm³/mol. The third kappa shape index (κ3) is 4.42. The molecule has 1 saturated carbocycles. The Hall–Kier alpha value is -4.64. The lowest BCUT2D eigenvalue weighted by atomic mass is 9.59. The molecule has 2 aromatic rings. The number of aliphatic imine (C=N–C) groups is 1. The van der Waals surface area contributed by atoms with Crippen molar-refractivity contribution in [2.75, 3.05) is 5.32 Å². The molecule has 2 aromatic carbocycles. The van der Waals surface area contributed by atoms with Gasteiger partial charge in [0.05, 0.1) is 17.8 Å². The fraction of sp³-hybridized carbons (Fsp3) is 0.333. The average molecular weight is 561 g/mol. The fourth-order valence-corrected chi connectivity index (χ4v) is 6.27. The summed E-state index contributed by atoms with van der Waals surface area (Å²) in [7, 11) is 0. The lowest BCUT2D eigenvalue weighted by molar-refractivity contribution is -0.147. The van der Waals surface area contributed by atoms with E-state index >= 15 is 0 Å². The maximum absolute atomic E-state index is 13.8. The zero-order chi connectivity index (χ0) is 29.8. The van der Waals surface area contributed by atoms with E-state index < -0.39 is 52.0 Å². The summed E-state index contributed by atoms with van der Waals surface area (Å²) in [4.78, 5) is 42.5. The van der Waals surface area contributed by atoms with Crippen molar-refractivity contribution in [1.29, 1.82) is 0 Å². The van der Waals surface area contributed by atoms with Crippen molar-refractivity contribution in [2.45, 2.75) is 51.2 Å². The number of hydrogen-bond acceptors (Lipinski definition) is 8. The van der Waals surface area contributed by atoms with Crippen LogP contribution in [0.4, 0.5) is 5.69 Å². The minimum atomic E-state index is -2.61. The van der Waals surface area contributed by atoms with E-state index in [0.29, 0.717) is 12.1 Å². The number of nitrogens with two attached hydrogens (primary N) is 2. The Morgan fingerprint density at radius 2 is 1.80 bits per heavy atom. The minimum absolute atomic E-state index is 0.00156. The third-order valence-corrected chi connectivity index (χ3v) is 8.26. The molecule has 9 N–H and O–H groups in total. The molecule has 214 valence electrons. The Morgan fingerprint density at radius 1 is 1.12 bits per heavy atom. The van der Waals surface area contributed by atoms with Crippen LogP contribution in [-0.4, -0.2) is 49.5 Å². The van der Waals surface area contributed by atoms with Crippen LogP contribution in [0.1, 0.15) is 54.9 Å². The van der Waals surface area contributed by atoms with Crippen molar-refractivity contribution in [1.82, 2.24) is 0 Å². The molecule has 0 spiro atoms. The van der Waals surface area contributed by atoms with Gasteiger partial charge in [0.2, 0.25) is 5.78 Å². The zero-order valence-corrected chi connectivity index (χ0v) is 22.6. The van der Waals surface area contributed by atoms with Crippen LogP contribution in [0.2, 0.25) is 0 Å². The van der Waals surface area contributed by atoms with Gasteiger partial charge in [0, 0.05) is 17.9 Å². The van der Waals surface area contributed by atoms with Gasteiger partial charge < -0.3 is 37.2 Å². The van der Waals surface area contributed by atoms with Crippen molar-refractivity contribution in [3.8, 4) is 5.75 Å². The number of primary amides is 1. The number of carbonyl (C=O) groups is 3. The fourth-order valence-electron chi connectivity index (χ4n) is 6.27. The van der Waals surface area contributed by atoms with E-state index in [-0.39, 0.29) is 53.7 Å². The van der Waals surface area contributed by atoms with Crippen molar-refractivity contribution < 1.29 is 34.8 Å². The number of guanidine groups is 1. The summed E-state index contributed by atoms with van der Waals surface area (Å²) < 4.78 is 0. The molecule has 1 amide bonds. The Bertz CT molecular complexity index is 1570. The molecule has 1 fully saturated rings. The highest BCUT2D eigenvalue weighted by Crippen LogP contribution is 2.53. The lowest BCUT2D eigenvalue weighted by Gasteiger charge is -2.46. The first kappa shape index (κ1) is 27.9. The van der Waals surface area contributed by atoms with Crippen LogP contribution in [0.25, 0.3) is 5.76 Å². The number of amides is 1. The number of nitrogens with zero attached hydrogens (tertiary/aromatic N) is 1. The second-order valence-electron chi connectivity index (χ2n) is 11.1. The molecule has 3 atom stereocenters. The summed E-state index contributed by atoms with van der Waals surface area (Å²) in [6.45, 7) is 4.18. The van der Waals surface area contributed by atoms with E-state index in [4.69, 9.17) is 11.5 Å². The molecule has 5 rings (SSSR count). The number of fused-ring (bicyclic) bond motifs is 3. The number of nitrogens with one attached hydrogen (secondary N) is 1. The largest absolute Gasteiger partial charge is 0.508 e. The van der Waals surface area contributed by atoms with Gasteiger partial charge in [-0.1, -0.05) is 44.2 Å². The molecule has 41 heavy (non-hydrogen) atoms. The Labute approximate surface area is 235 Å². The standard InChI is InChI=1S/C30H32N4O7/c1-13(2)17-11-19(34-29(32)33-12-14-6-4-3-5-7-14)24(36)22-18(17)9-15-8-16-10-20(35)23(28(31)40)27(39)30(16,41)26(38)21(15)25(22)37/h3-7,11,13,15-16,36-37,39,41H,8-10,12H2,1-2H3,(H2,31,40)(H3,32,33,34). The molecule has 11 nitrogen and oxygen atoms in total. The second kappa shape index (κ2) is 10.1. The van der Waals surface area contributed by atoms with Gasteiger partial charge in [-0.2, -0.15) is 0 Å². The van der Waals surface area contributed by atoms with Crippen LogP contribution in [0.15, 0.2) is 58.3 Å². The number of aromatic hydroxyl groups is 1. The molecule has 0 bridgehead atoms. The van der Waals surface area contributed by atoms with Crippen molar-refractivity contribution >= 4 is 34.9 Å². The second-order valence-corrected chi connectivity index (χ2v) is 11.1. The van der Waals surface area contributed by atoms with Crippen molar-refractivity contribution in [3.05, 3.63) is 75.6 Å². The van der Waals surface area contributed by atoms with Gasteiger partial charge in [-0.15, -0.1) is 0 Å². The number of hydrogen-bond donors (Lipinski definition) is 7. The Kier molecular flexibility index (Phi) is 6.86. The van der Waals surface area contributed by atoms with Crippen LogP contribution >= 0.6 is 0 Å². The molecular weight excluding hydrogens is 528 g/mol. The molecule has 0 aliphatic heterocycles. The number of phenolic OH excluding ortho intramolecular Hbond substituents is 1. The number of rotatable bonds is 5. The minimum Gasteiger partial charge on any atom is -0.508 e. The average Bonchev–Trinajstić information content (AvgIpc) is 2.91. The highest BCUT2D eigenvalue weighted by molar-refractivity contribution is 6.22. The van der Waals surface area contributed by atoms with Crippen LogP contribution in [0, 0.1) is 11.8 Å². The van der Waals surface area contributed by atoms with Crippen LogP contribution < -0.4 is 16.8 Å². The molecule has 0 heterocycles. The number of carbonyl (C=O) groups excluding carboxylic acids is 3. The first-order valence-electron chi connectivity index (χ1n) is 13.3. The summed E-state index contributed by atoms with van der Waals surface area (Å²) in [5.41, 5.74) is 10.2. The third-order valence-electron chi connectivity index (χ3n) is 8.26. The monoisotopic (exact) mass is 560 g/mol. The number of Topliss-reactive ketones (excluding diaryl/α,β-unsaturated/α-hetero) is 2. The molecule has 0 radical (unpaired) electrons. The normalized spacial score (nSPS) is 24.2. The molecule has 3 unspecified atom stereocenters. The molecule has 0 aromatic heterocycles. The Balaban J connectivity index is 1.60. The molecule has 0 saturated heterocycles. The predicted octanol–water partition coefficient (Wildman–Crippen LogP) is 2.47. The highest BCUT2D eigenvalue weighted by Gasteiger charge is 2.60. The summed E-state index contributed by atoms with van der Waals surface area (Å²) in [5.74, 6) is -6.76. The molecule has 3 aliphatic rings. The number of aliphatic hydroxyl groups is 3. The molecule has 3 aliphatic carbocycles. The molecular formula is C30H32N4O7. The van der Waals surface area contributed by atoms with E-state index in [1.54, 1.807) is 6.07 Å². The summed E-state index contributed by atoms with van der Waals surface area (Å²) in [6.07, 6.45) is -0.0671. The number of anilines is 1. The maximum Gasteiger partial charge on any atom is 0.255 e. The van der Waals surface area contributed by atoms with Crippen molar-refractivity contribution in [2.24, 2.45) is 28.3 Å². The van der Waals surface area contributed by atoms with Gasteiger partial charge in [-0.25, -0.2) is 4.99 Å². The van der Waals surface area contributed by atoms with Crippen LogP contribution in [-0.2, 0) is 27.3 Å². The van der Waals surface area contributed by atoms with Gasteiger partial charge >= 0.3 is 0 Å². The van der Waals surface area contributed by atoms with Gasteiger partial charge in [0.1, 0.15) is 22.8 Å². The van der Waals surface area contributed by atoms with E-state index in [1.165, 1.54) is 0 Å². The highest BCUT2D eigenvalue weighted by atomic mass is 16.3. The van der Waals surface area contributed by atoms with Gasteiger partial charge in [0.15, 0.2) is 17.3 Å². The van der Waals surface area contributed by atoms with Gasteiger partial charge in [0.25, 0.3) is 5.91 Å². The van der Waals surface area contributed by atoms with Gasteiger partial charge in [-0.3, -0.25) is 14.4 Å². The number of benzene rings is 2. The van der Waals surface area contributed by atoms with Crippen LogP contribution in [0.3, 0.4) is 0 Å². The summed E-state index contributed by atoms with van der Waals surface area (Å²) in [5, 5.41) is 47.9. The van der Waals surface area contributed by atoms with Crippen molar-refractivity contribution in [3.63, 3.8) is 0 Å². The van der Waals surface area contributed by atoms with E-state index in [9.17, 15) is 34.8 Å². The summed E-state index contributed by atoms with van der Waals surface area (Å²) >= 11 is 0. The zero-order valence-electron chi connectivity index (χ0n) is 22.6. The van der Waals surface area contributed by atoms with Gasteiger partial charge in [-0.05, 0) is 47.4 Å². The lowest BCUT2D eigenvalue weighted by Crippen LogP contribution is -2.58. The molecule has 11 heteroatoms. The van der Waals surface area contributed by atoms with E-state index in [2.05, 4.69) is 10.3 Å². The van der Waals surface area contributed by atoms with E-state index in [1.807, 2.05) is 44.2 Å². The number of aliphatic hydroxyl groups excluding tert-OH is 2. The first-order valence-corrected chi connectivity index (χ1v) is 13.3. The van der Waals surface area contributed by atoms with Crippen LogP contribution in [0.5, 0.6) is 5.75 Å². The topological polar surface area (TPSA) is 209 Å². The summed E-state index contributed by atoms with van der Waals surface area (Å²) in [6, 6.07) is 11.2. The number of phenols is 1. The smallest absolute Gasteiger partial charge is 0.255 e. The maximum atomic E-state index is 13.8. The quantitative estimate of drug-likeness (QED) is 0.124. The first-order chi connectivity index (χ1) is 19.4. The SMILES string of the molecule is CC(C)c1cc(NC(N)=NCc2ccccc2)c(O)c2c1CC1CC3CC(=O)C(C(N)=O)=C(O)C3(O)C(=O)C1=C2O.